The topological polar surface area (TPSA) is 36.9 Å². The molecule has 13 rings (SSSR count). The van der Waals surface area contributed by atoms with Gasteiger partial charge in [-0.15, -0.1) is 0 Å². The Balaban J connectivity index is 0.000000522. The first-order valence-corrected chi connectivity index (χ1v) is 47.9. The average molecular weight is 1880 g/mol. The lowest BCUT2D eigenvalue weighted by molar-refractivity contribution is 0.397. The molecule has 0 aliphatic carbocycles. The van der Waals surface area contributed by atoms with Crippen molar-refractivity contribution < 1.29 is 36.5 Å². The van der Waals surface area contributed by atoms with Crippen molar-refractivity contribution in [3.05, 3.63) is 420 Å². The average Bonchev–Trinajstić information content (AvgIpc) is 0.828. The van der Waals surface area contributed by atoms with E-state index in [1.165, 1.54) is 84.5 Å². The molecule has 0 aliphatic heterocycles. The van der Waals surface area contributed by atoms with Crippen LogP contribution in [-0.4, -0.2) is 7.11 Å². The second-order valence-corrected chi connectivity index (χ2v) is 46.2. The molecule has 0 aliphatic rings. The highest BCUT2D eigenvalue weighted by Gasteiger charge is 2.23. The summed E-state index contributed by atoms with van der Waals surface area (Å²) in [5.41, 5.74) is 23.3. The van der Waals surface area contributed by atoms with E-state index in [1.807, 2.05) is 152 Å². The number of benzene rings is 13. The summed E-state index contributed by atoms with van der Waals surface area (Å²) in [4.78, 5) is 0. The quantitative estimate of drug-likeness (QED) is 0.149. The smallest absolute Gasteiger partial charge is 0.127 e. The third kappa shape index (κ3) is 45.1. The zero-order valence-electron chi connectivity index (χ0n) is 90.9. The lowest BCUT2D eigenvalue weighted by atomic mass is 9.86. The van der Waals surface area contributed by atoms with Crippen molar-refractivity contribution in [3.63, 3.8) is 0 Å². The van der Waals surface area contributed by atoms with Crippen LogP contribution in [0.3, 0.4) is 0 Å². The van der Waals surface area contributed by atoms with E-state index in [0.717, 1.165) is 56.8 Å². The molecule has 0 saturated carbocycles. The van der Waals surface area contributed by atoms with Gasteiger partial charge in [-0.05, 0) is 303 Å². The van der Waals surface area contributed by atoms with Gasteiger partial charge in [-0.1, -0.05) is 433 Å². The number of methoxy groups -OCH3 is 1. The summed E-state index contributed by atoms with van der Waals surface area (Å²) in [5, 5.41) is 0. The molecule has 0 spiro atoms. The molecule has 0 aromatic heterocycles. The summed E-state index contributed by atoms with van der Waals surface area (Å²) < 4.78 is 75.4. The van der Waals surface area contributed by atoms with Crippen molar-refractivity contribution in [2.75, 3.05) is 7.11 Å². The first-order valence-electron chi connectivity index (χ1n) is 47.9. The van der Waals surface area contributed by atoms with Crippen LogP contribution in [0.1, 0.15) is 328 Å². The van der Waals surface area contributed by atoms with Gasteiger partial charge in [0.05, 0.1) is 7.11 Å². The number of aryl methyl sites for hydroxylation is 9. The maximum atomic E-state index is 13.3. The molecule has 0 amide bonds. The molecule has 0 fully saturated rings. The van der Waals surface area contributed by atoms with Crippen LogP contribution in [0.25, 0.3) is 0 Å². The normalized spacial score (nSPS) is 11.4. The summed E-state index contributed by atoms with van der Waals surface area (Å²) in [6, 6.07) is 95.9. The standard InChI is InChI=1S/C17H19FO.2C17H20O.C12H18O.2C11H15F.3C11H16.C10H13F.2CH4/c1-12-11-15(9-10-16(12)18)19-14-7-5-13(6-8-14)17(2,3)4;1-13-5-9-15(10-6-13)18-16-11-7-14(8-12-16)17(2,3)4;1-13-6-5-7-16(12-13)18-15-10-8-14(9-11-15)17(2,3)4;1-9-6-7-10(12(2,3)4)11(8-9)13-5;1-8-5-6-9(7-10(8)12)11(2,3)4;1-8-5-6-9(10(12)7-8)11(2,3)4;2*1-9-5-7-10(8-6-9)11(2,3)4;1-9-6-5-7-10(8-9)11(2,3)4;1-10(2,3)8-6-4-5-7-9(8)11;;/h5-11H,1-4H3;2*5-12H,1-4H3;6-8H,1-5H3;2*5-7H,1-4H3;3*5-8H,1-4H3;4-7H,1-3H3;2*1H4. The fourth-order valence-electron chi connectivity index (χ4n) is 13.4. The Bertz CT molecular complexity index is 5670. The summed E-state index contributed by atoms with van der Waals surface area (Å²) in [7, 11) is 1.73. The fourth-order valence-corrected chi connectivity index (χ4v) is 13.4. The SMILES string of the molecule is C.C.CC(C)(C)c1ccccc1F.COc1cc(C)ccc1C(C)(C)C.Cc1cc(Oc2ccc(C(C)(C)C)cc2)ccc1F.Cc1ccc(C(C)(C)C)c(F)c1.Cc1ccc(C(C)(C)C)cc1.Cc1ccc(C(C)(C)C)cc1.Cc1ccc(C(C)(C)C)cc1F.Cc1ccc(Oc2ccc(C(C)(C)C)cc2)cc1.Cc1cccc(C(C)(C)C)c1.Cc1cccc(Oc2ccc(C(C)(C)C)cc2)c1. The van der Waals surface area contributed by atoms with Crippen molar-refractivity contribution in [2.45, 2.75) is 339 Å². The highest BCUT2D eigenvalue weighted by Crippen LogP contribution is 2.36. The van der Waals surface area contributed by atoms with Crippen molar-refractivity contribution >= 4 is 0 Å². The Kier molecular flexibility index (Phi) is 47.9. The number of rotatable bonds is 7. The second-order valence-electron chi connectivity index (χ2n) is 46.2. The van der Waals surface area contributed by atoms with E-state index < -0.39 is 0 Å². The number of hydrogen-bond acceptors (Lipinski definition) is 4. The van der Waals surface area contributed by atoms with E-state index in [-0.39, 0.29) is 92.3 Å². The van der Waals surface area contributed by atoms with Crippen LogP contribution in [-0.2, 0) is 54.1 Å². The van der Waals surface area contributed by atoms with Gasteiger partial charge in [0.1, 0.15) is 63.5 Å². The maximum absolute atomic E-state index is 13.3. The predicted octanol–water partition coefficient (Wildman–Crippen LogP) is 39.8. The monoisotopic (exact) mass is 1880 g/mol. The minimum absolute atomic E-state index is 0. The minimum atomic E-state index is -0.213. The Morgan fingerprint density at radius 3 is 0.761 bits per heavy atom. The van der Waals surface area contributed by atoms with Gasteiger partial charge in [-0.2, -0.15) is 0 Å². The molecule has 0 heterocycles. The van der Waals surface area contributed by atoms with Gasteiger partial charge < -0.3 is 18.9 Å². The molecule has 13 aromatic rings. The van der Waals surface area contributed by atoms with E-state index in [2.05, 4.69) is 353 Å². The highest BCUT2D eigenvalue weighted by atomic mass is 19.1. The minimum Gasteiger partial charge on any atom is -0.496 e. The van der Waals surface area contributed by atoms with Crippen LogP contribution in [0.5, 0.6) is 40.2 Å². The van der Waals surface area contributed by atoms with E-state index in [4.69, 9.17) is 18.9 Å². The van der Waals surface area contributed by atoms with E-state index in [1.54, 1.807) is 51.3 Å². The number of hydrogen-bond donors (Lipinski definition) is 0. The predicted molar refractivity (Wildman–Crippen MR) is 593 cm³/mol. The molecule has 0 saturated heterocycles. The largest absolute Gasteiger partial charge is 0.496 e. The van der Waals surface area contributed by atoms with E-state index in [9.17, 15) is 17.6 Å². The number of halogens is 4. The Hall–Kier alpha value is -11.2. The van der Waals surface area contributed by atoms with Gasteiger partial charge in [-0.3, -0.25) is 0 Å². The van der Waals surface area contributed by atoms with E-state index in [0.29, 0.717) is 16.9 Å². The molecule has 8 heteroatoms. The molecule has 748 valence electrons. The van der Waals surface area contributed by atoms with Gasteiger partial charge in [-0.25, -0.2) is 17.6 Å². The Morgan fingerprint density at radius 2 is 0.449 bits per heavy atom. The summed E-state index contributed by atoms with van der Waals surface area (Å²) in [5.74, 6) is 5.41. The molecule has 0 atom stereocenters. The van der Waals surface area contributed by atoms with Crippen LogP contribution >= 0.6 is 0 Å². The van der Waals surface area contributed by atoms with Gasteiger partial charge in [0, 0.05) is 0 Å². The van der Waals surface area contributed by atoms with Crippen molar-refractivity contribution in [1.29, 1.82) is 0 Å². The maximum Gasteiger partial charge on any atom is 0.127 e. The molecule has 0 bridgehead atoms. The van der Waals surface area contributed by atoms with Crippen LogP contribution in [0.4, 0.5) is 17.6 Å². The third-order valence-corrected chi connectivity index (χ3v) is 22.5. The van der Waals surface area contributed by atoms with Crippen molar-refractivity contribution in [3.8, 4) is 40.2 Å². The molecular weight excluding hydrogens is 1700 g/mol. The summed E-state index contributed by atoms with van der Waals surface area (Å²) in [6.07, 6.45) is 0. The van der Waals surface area contributed by atoms with Crippen LogP contribution in [0.15, 0.2) is 291 Å². The second kappa shape index (κ2) is 53.8. The molecular formula is C130H176F4O4. The molecule has 138 heavy (non-hydrogen) atoms. The molecule has 0 N–H and O–H groups in total. The summed E-state index contributed by atoms with van der Waals surface area (Å²) >= 11 is 0. The molecule has 0 unspecified atom stereocenters. The Labute approximate surface area is 837 Å². The van der Waals surface area contributed by atoms with Gasteiger partial charge in [0.15, 0.2) is 0 Å². The third-order valence-electron chi connectivity index (χ3n) is 22.5. The lowest BCUT2D eigenvalue weighted by Gasteiger charge is -2.22. The van der Waals surface area contributed by atoms with Gasteiger partial charge >= 0.3 is 0 Å². The fraction of sp³-hybridized carbons (Fsp3) is 0.400. The zero-order chi connectivity index (χ0) is 103. The van der Waals surface area contributed by atoms with E-state index >= 15 is 0 Å². The van der Waals surface area contributed by atoms with Gasteiger partial charge in [0.2, 0.25) is 0 Å². The highest BCUT2D eigenvalue weighted by molar-refractivity contribution is 5.44. The van der Waals surface area contributed by atoms with Gasteiger partial charge in [0.25, 0.3) is 0 Å². The Morgan fingerprint density at radius 1 is 0.174 bits per heavy atom. The van der Waals surface area contributed by atoms with Crippen LogP contribution in [0.2, 0.25) is 0 Å². The first kappa shape index (κ1) is 123. The zero-order valence-corrected chi connectivity index (χ0v) is 90.9. The van der Waals surface area contributed by atoms with Crippen LogP contribution in [0, 0.1) is 85.6 Å². The first-order chi connectivity index (χ1) is 62.5. The molecule has 4 nitrogen and oxygen atoms in total. The number of ether oxygens (including phenoxy) is 4. The summed E-state index contributed by atoms with van der Waals surface area (Å²) in [6.45, 7) is 82.8. The molecule has 0 radical (unpaired) electrons. The molecule has 13 aromatic carbocycles. The van der Waals surface area contributed by atoms with Crippen molar-refractivity contribution in [2.24, 2.45) is 0 Å². The van der Waals surface area contributed by atoms with Crippen molar-refractivity contribution in [1.82, 2.24) is 0 Å². The van der Waals surface area contributed by atoms with Crippen LogP contribution < -0.4 is 18.9 Å². The lowest BCUT2D eigenvalue weighted by Crippen LogP contribution is -2.13.